The van der Waals surface area contributed by atoms with Gasteiger partial charge in [0.2, 0.25) is 0 Å². The van der Waals surface area contributed by atoms with Gasteiger partial charge in [-0.15, -0.1) is 10.2 Å². The zero-order valence-electron chi connectivity index (χ0n) is 13.6. The van der Waals surface area contributed by atoms with Crippen LogP contribution in [0.15, 0.2) is 24.3 Å². The lowest BCUT2D eigenvalue weighted by molar-refractivity contribution is 0.0593. The van der Waals surface area contributed by atoms with Crippen molar-refractivity contribution in [3.63, 3.8) is 0 Å². The summed E-state index contributed by atoms with van der Waals surface area (Å²) in [5, 5.41) is 9.33. The van der Waals surface area contributed by atoms with E-state index in [1.165, 1.54) is 6.42 Å². The van der Waals surface area contributed by atoms with E-state index in [1.54, 1.807) is 12.1 Å². The maximum atomic E-state index is 13.1. The lowest BCUT2D eigenvalue weighted by atomic mass is 9.99. The number of carbonyl (C=O) groups is 1. The number of carbonyl (C=O) groups excluding carboxylic acids is 1. The molecular formula is C18H21ClN4O. The van der Waals surface area contributed by atoms with Crippen molar-refractivity contribution >= 4 is 17.5 Å². The van der Waals surface area contributed by atoms with Gasteiger partial charge in [-0.1, -0.05) is 23.7 Å². The van der Waals surface area contributed by atoms with E-state index in [0.717, 1.165) is 56.8 Å². The second-order valence-electron chi connectivity index (χ2n) is 6.57. The maximum Gasteiger partial charge on any atom is 0.255 e. The summed E-state index contributed by atoms with van der Waals surface area (Å²) in [6.07, 6.45) is 6.38. The molecule has 6 heteroatoms. The Morgan fingerprint density at radius 2 is 1.92 bits per heavy atom. The highest BCUT2D eigenvalue weighted by Crippen LogP contribution is 2.33. The second-order valence-corrected chi connectivity index (χ2v) is 6.98. The number of amides is 1. The number of aromatic nitrogens is 3. The van der Waals surface area contributed by atoms with Gasteiger partial charge >= 0.3 is 0 Å². The maximum absolute atomic E-state index is 13.1. The first-order valence-corrected chi connectivity index (χ1v) is 9.11. The number of fused-ring (bicyclic) bond motifs is 1. The zero-order valence-corrected chi connectivity index (χ0v) is 14.4. The molecule has 126 valence electrons. The Labute approximate surface area is 146 Å². The molecule has 1 fully saturated rings. The van der Waals surface area contributed by atoms with Gasteiger partial charge in [-0.2, -0.15) is 0 Å². The predicted molar refractivity (Wildman–Crippen MR) is 92.0 cm³/mol. The van der Waals surface area contributed by atoms with Crippen molar-refractivity contribution in [2.75, 3.05) is 6.54 Å². The molecule has 0 saturated carbocycles. The smallest absolute Gasteiger partial charge is 0.255 e. The summed E-state index contributed by atoms with van der Waals surface area (Å²) in [6, 6.07) is 7.28. The number of hydrogen-bond donors (Lipinski definition) is 0. The summed E-state index contributed by atoms with van der Waals surface area (Å²) >= 11 is 6.25. The van der Waals surface area contributed by atoms with Gasteiger partial charge in [0.15, 0.2) is 5.82 Å². The number of benzene rings is 1. The van der Waals surface area contributed by atoms with Crippen LogP contribution in [0.4, 0.5) is 0 Å². The molecule has 0 aliphatic carbocycles. The number of aryl methyl sites for hydroxylation is 1. The Morgan fingerprint density at radius 3 is 2.79 bits per heavy atom. The standard InChI is InChI=1S/C18H21ClN4O/c19-14-8-2-1-7-13(14)18(24)22-11-5-3-9-15(22)17-21-20-16-10-4-6-12-23(16)17/h1-2,7-8,15H,3-6,9-12H2. The molecule has 0 N–H and O–H groups in total. The summed E-state index contributed by atoms with van der Waals surface area (Å²) in [5.41, 5.74) is 0.574. The molecule has 1 saturated heterocycles. The van der Waals surface area contributed by atoms with E-state index >= 15 is 0 Å². The molecule has 1 atom stereocenters. The molecule has 1 aromatic heterocycles. The molecular weight excluding hydrogens is 324 g/mol. The van der Waals surface area contributed by atoms with Crippen molar-refractivity contribution in [2.24, 2.45) is 0 Å². The molecule has 1 amide bonds. The molecule has 1 unspecified atom stereocenters. The van der Waals surface area contributed by atoms with Crippen molar-refractivity contribution in [3.05, 3.63) is 46.5 Å². The van der Waals surface area contributed by atoms with Crippen molar-refractivity contribution in [3.8, 4) is 0 Å². The van der Waals surface area contributed by atoms with Crippen molar-refractivity contribution < 1.29 is 4.79 Å². The predicted octanol–water partition coefficient (Wildman–Crippen LogP) is 3.64. The molecule has 3 heterocycles. The lowest BCUT2D eigenvalue weighted by Gasteiger charge is -2.35. The highest BCUT2D eigenvalue weighted by Gasteiger charge is 2.33. The quantitative estimate of drug-likeness (QED) is 0.835. The Bertz CT molecular complexity index is 757. The lowest BCUT2D eigenvalue weighted by Crippen LogP contribution is -2.40. The first-order valence-electron chi connectivity index (χ1n) is 8.73. The van der Waals surface area contributed by atoms with Crippen LogP contribution >= 0.6 is 11.6 Å². The fourth-order valence-electron chi connectivity index (χ4n) is 3.81. The SMILES string of the molecule is O=C(c1ccccc1Cl)N1CCCCC1c1nnc2n1CCCC2. The van der Waals surface area contributed by atoms with Crippen LogP contribution in [0.3, 0.4) is 0 Å². The second kappa shape index (κ2) is 6.55. The van der Waals surface area contributed by atoms with Gasteiger partial charge in [0.25, 0.3) is 5.91 Å². The minimum Gasteiger partial charge on any atom is -0.328 e. The number of piperidine rings is 1. The van der Waals surface area contributed by atoms with Crippen LogP contribution in [0.5, 0.6) is 0 Å². The van der Waals surface area contributed by atoms with Crippen LogP contribution in [-0.4, -0.2) is 32.1 Å². The third-order valence-electron chi connectivity index (χ3n) is 5.05. The number of hydrogen-bond acceptors (Lipinski definition) is 3. The molecule has 24 heavy (non-hydrogen) atoms. The van der Waals surface area contributed by atoms with Crippen LogP contribution in [0.1, 0.15) is 60.2 Å². The molecule has 5 nitrogen and oxygen atoms in total. The average Bonchev–Trinajstić information content (AvgIpc) is 3.05. The Hall–Kier alpha value is -1.88. The highest BCUT2D eigenvalue weighted by atomic mass is 35.5. The van der Waals surface area contributed by atoms with Gasteiger partial charge in [-0.25, -0.2) is 0 Å². The topological polar surface area (TPSA) is 51.0 Å². The average molecular weight is 345 g/mol. The summed E-state index contributed by atoms with van der Waals surface area (Å²) in [6.45, 7) is 1.71. The molecule has 4 rings (SSSR count). The highest BCUT2D eigenvalue weighted by molar-refractivity contribution is 6.33. The fraction of sp³-hybridized carbons (Fsp3) is 0.500. The van der Waals surface area contributed by atoms with Gasteiger partial charge in [0.05, 0.1) is 16.6 Å². The van der Waals surface area contributed by atoms with Crippen LogP contribution in [0.2, 0.25) is 5.02 Å². The summed E-state index contributed by atoms with van der Waals surface area (Å²) in [7, 11) is 0. The fourth-order valence-corrected chi connectivity index (χ4v) is 4.03. The van der Waals surface area contributed by atoms with E-state index in [9.17, 15) is 4.79 Å². The number of nitrogens with zero attached hydrogens (tertiary/aromatic N) is 4. The van der Waals surface area contributed by atoms with Gasteiger partial charge in [-0.3, -0.25) is 4.79 Å². The number of likely N-dealkylation sites (tertiary alicyclic amines) is 1. The van der Waals surface area contributed by atoms with Gasteiger partial charge in [-0.05, 0) is 44.2 Å². The summed E-state index contributed by atoms with van der Waals surface area (Å²) in [4.78, 5) is 15.0. The van der Waals surface area contributed by atoms with Crippen molar-refractivity contribution in [1.82, 2.24) is 19.7 Å². The van der Waals surface area contributed by atoms with E-state index in [1.807, 2.05) is 17.0 Å². The first-order chi connectivity index (χ1) is 11.8. The first kappa shape index (κ1) is 15.6. The largest absolute Gasteiger partial charge is 0.328 e. The number of halogens is 1. The van der Waals surface area contributed by atoms with Gasteiger partial charge < -0.3 is 9.47 Å². The van der Waals surface area contributed by atoms with Crippen LogP contribution < -0.4 is 0 Å². The van der Waals surface area contributed by atoms with Crippen LogP contribution in [0, 0.1) is 0 Å². The summed E-state index contributed by atoms with van der Waals surface area (Å²) in [5.74, 6) is 2.01. The normalized spacial score (nSPS) is 20.7. The van der Waals surface area contributed by atoms with Crippen molar-refractivity contribution in [2.45, 2.75) is 51.1 Å². The van der Waals surface area contributed by atoms with Gasteiger partial charge in [0, 0.05) is 19.5 Å². The molecule has 2 aromatic rings. The Kier molecular flexibility index (Phi) is 4.27. The molecule has 2 aliphatic heterocycles. The molecule has 0 bridgehead atoms. The molecule has 0 spiro atoms. The Morgan fingerprint density at radius 1 is 1.08 bits per heavy atom. The van der Waals surface area contributed by atoms with E-state index in [2.05, 4.69) is 14.8 Å². The third-order valence-corrected chi connectivity index (χ3v) is 5.38. The third kappa shape index (κ3) is 2.71. The van der Waals surface area contributed by atoms with E-state index in [4.69, 9.17) is 11.6 Å². The molecule has 0 radical (unpaired) electrons. The number of rotatable bonds is 2. The van der Waals surface area contributed by atoms with Crippen LogP contribution in [0.25, 0.3) is 0 Å². The minimum absolute atomic E-state index is 0.00143. The van der Waals surface area contributed by atoms with E-state index < -0.39 is 0 Å². The molecule has 2 aliphatic rings. The zero-order chi connectivity index (χ0) is 16.5. The van der Waals surface area contributed by atoms with Crippen molar-refractivity contribution in [1.29, 1.82) is 0 Å². The monoisotopic (exact) mass is 344 g/mol. The van der Waals surface area contributed by atoms with E-state index in [-0.39, 0.29) is 11.9 Å². The minimum atomic E-state index is -0.00143. The molecule has 1 aromatic carbocycles. The van der Waals surface area contributed by atoms with Gasteiger partial charge in [0.1, 0.15) is 5.82 Å². The van der Waals surface area contributed by atoms with Crippen LogP contribution in [-0.2, 0) is 13.0 Å². The Balaban J connectivity index is 1.68. The van der Waals surface area contributed by atoms with E-state index in [0.29, 0.717) is 10.6 Å². The summed E-state index contributed by atoms with van der Waals surface area (Å²) < 4.78 is 2.23.